The summed E-state index contributed by atoms with van der Waals surface area (Å²) in [6.07, 6.45) is 3.34. The highest BCUT2D eigenvalue weighted by atomic mass is 79.9. The molecule has 0 fully saturated rings. The molecule has 2 aromatic rings. The molecule has 1 aliphatic rings. The predicted molar refractivity (Wildman–Crippen MR) is 131 cm³/mol. The van der Waals surface area contributed by atoms with E-state index in [0.717, 1.165) is 0 Å². The van der Waals surface area contributed by atoms with Crippen LogP contribution in [0.3, 0.4) is 0 Å². The lowest BCUT2D eigenvalue weighted by Gasteiger charge is -2.16. The first-order valence-corrected chi connectivity index (χ1v) is 11.2. The predicted octanol–water partition coefficient (Wildman–Crippen LogP) is 5.68. The number of rotatable bonds is 8. The summed E-state index contributed by atoms with van der Waals surface area (Å²) in [6, 6.07) is 7.85. The first kappa shape index (κ1) is 23.7. The number of anilines is 1. The van der Waals surface area contributed by atoms with Crippen LogP contribution in [0.2, 0.25) is 0 Å². The average molecular weight is 564 g/mol. The van der Waals surface area contributed by atoms with Gasteiger partial charge in [0.05, 0.1) is 33.6 Å². The molecule has 0 saturated heterocycles. The molecule has 0 atom stereocenters. The van der Waals surface area contributed by atoms with Crippen molar-refractivity contribution >= 4 is 61.2 Å². The van der Waals surface area contributed by atoms with Gasteiger partial charge in [0.25, 0.3) is 5.91 Å². The fraction of sp³-hybridized carbons (Fsp3) is 0.174. The fourth-order valence-corrected chi connectivity index (χ4v) is 3.98. The first-order valence-electron chi connectivity index (χ1n) is 9.62. The maximum Gasteiger partial charge on any atom is 0.335 e. The molecule has 3 rings (SSSR count). The molecule has 0 bridgehead atoms. The molecule has 0 saturated carbocycles. The molecule has 0 unspecified atom stereocenters. The zero-order valence-electron chi connectivity index (χ0n) is 17.4. The number of nitrogens with zero attached hydrogens (tertiary/aromatic N) is 2. The maximum atomic E-state index is 13.1. The Morgan fingerprint density at radius 3 is 2.66 bits per heavy atom. The number of hydrogen-bond donors (Lipinski definition) is 1. The van der Waals surface area contributed by atoms with Crippen molar-refractivity contribution in [2.75, 3.05) is 18.2 Å². The molecule has 2 aromatic carbocycles. The van der Waals surface area contributed by atoms with Crippen molar-refractivity contribution in [1.82, 2.24) is 0 Å². The Morgan fingerprint density at radius 2 is 2.00 bits per heavy atom. The van der Waals surface area contributed by atoms with E-state index in [1.165, 1.54) is 17.1 Å². The molecule has 9 heteroatoms. The Kier molecular flexibility index (Phi) is 7.52. The molecule has 7 nitrogen and oxygen atoms in total. The largest absolute Gasteiger partial charge is 0.490 e. The Labute approximate surface area is 202 Å². The second-order valence-corrected chi connectivity index (χ2v) is 8.26. The van der Waals surface area contributed by atoms with E-state index < -0.39 is 5.97 Å². The van der Waals surface area contributed by atoms with Gasteiger partial charge in [0.2, 0.25) is 0 Å². The van der Waals surface area contributed by atoms with Crippen LogP contribution >= 0.6 is 31.9 Å². The van der Waals surface area contributed by atoms with E-state index >= 15 is 0 Å². The third kappa shape index (κ3) is 4.78. The van der Waals surface area contributed by atoms with Crippen LogP contribution in [0.5, 0.6) is 11.5 Å². The number of amides is 1. The molecule has 0 radical (unpaired) electrons. The lowest BCUT2D eigenvalue weighted by Crippen LogP contribution is -2.21. The van der Waals surface area contributed by atoms with Crippen molar-refractivity contribution < 1.29 is 24.2 Å². The maximum absolute atomic E-state index is 13.1. The van der Waals surface area contributed by atoms with Crippen molar-refractivity contribution in [3.8, 4) is 11.5 Å². The van der Waals surface area contributed by atoms with Crippen LogP contribution in [0.1, 0.15) is 29.8 Å². The van der Waals surface area contributed by atoms with Crippen molar-refractivity contribution in [3.05, 3.63) is 68.6 Å². The van der Waals surface area contributed by atoms with Crippen LogP contribution in [0.4, 0.5) is 5.69 Å². The molecular weight excluding hydrogens is 544 g/mol. The number of hydrazone groups is 1. The van der Waals surface area contributed by atoms with Gasteiger partial charge in [-0.3, -0.25) is 4.79 Å². The van der Waals surface area contributed by atoms with Crippen molar-refractivity contribution in [2.45, 2.75) is 13.8 Å². The van der Waals surface area contributed by atoms with E-state index in [9.17, 15) is 14.7 Å². The van der Waals surface area contributed by atoms with Gasteiger partial charge in [-0.25, -0.2) is 4.79 Å². The Balaban J connectivity index is 2.02. The standard InChI is InChI=1S/C23H20Br2N2O5/c1-4-9-32-21-18(31-5-2)12-15(19(24)20(21)25)11-17-13(3)26-27(22(17)28)16-8-6-7-14(10-16)23(29)30/h4,6-8,10-12H,1,5,9H2,2-3H3,(H,29,30)/b17-11-. The quantitative estimate of drug-likeness (QED) is 0.330. The summed E-state index contributed by atoms with van der Waals surface area (Å²) >= 11 is 7.09. The zero-order valence-corrected chi connectivity index (χ0v) is 20.6. The number of carbonyl (C=O) groups excluding carboxylic acids is 1. The van der Waals surface area contributed by atoms with Crippen LogP contribution in [0.25, 0.3) is 6.08 Å². The summed E-state index contributed by atoms with van der Waals surface area (Å²) in [7, 11) is 0. The van der Waals surface area contributed by atoms with E-state index in [1.54, 1.807) is 37.3 Å². The van der Waals surface area contributed by atoms with Gasteiger partial charge in [-0.1, -0.05) is 18.7 Å². The van der Waals surface area contributed by atoms with E-state index in [4.69, 9.17) is 9.47 Å². The molecule has 1 N–H and O–H groups in total. The SMILES string of the molecule is C=CCOc1c(OCC)cc(/C=C2\C(=O)N(c3cccc(C(=O)O)c3)N=C2C)c(Br)c1Br. The van der Waals surface area contributed by atoms with Gasteiger partial charge >= 0.3 is 5.97 Å². The first-order chi connectivity index (χ1) is 15.3. The van der Waals surface area contributed by atoms with Crippen LogP contribution in [-0.4, -0.2) is 35.9 Å². The van der Waals surface area contributed by atoms with Crippen LogP contribution in [0.15, 0.2) is 62.6 Å². The summed E-state index contributed by atoms with van der Waals surface area (Å²) in [5.41, 5.74) is 2.01. The molecule has 166 valence electrons. The van der Waals surface area contributed by atoms with E-state index in [0.29, 0.717) is 56.2 Å². The minimum atomic E-state index is -1.08. The monoisotopic (exact) mass is 562 g/mol. The highest BCUT2D eigenvalue weighted by Gasteiger charge is 2.30. The molecule has 0 aromatic heterocycles. The third-order valence-corrected chi connectivity index (χ3v) is 6.64. The van der Waals surface area contributed by atoms with Crippen molar-refractivity contribution in [2.24, 2.45) is 5.10 Å². The average Bonchev–Trinajstić information content (AvgIpc) is 3.05. The summed E-state index contributed by atoms with van der Waals surface area (Å²) in [4.78, 5) is 24.4. The van der Waals surface area contributed by atoms with Crippen molar-refractivity contribution in [1.29, 1.82) is 0 Å². The number of benzene rings is 2. The minimum Gasteiger partial charge on any atom is -0.490 e. The van der Waals surface area contributed by atoms with Gasteiger partial charge in [-0.05, 0) is 81.6 Å². The topological polar surface area (TPSA) is 88.4 Å². The fourth-order valence-electron chi connectivity index (χ4n) is 3.03. The lowest BCUT2D eigenvalue weighted by atomic mass is 10.1. The van der Waals surface area contributed by atoms with E-state index in [1.807, 2.05) is 6.92 Å². The molecule has 1 amide bonds. The van der Waals surface area contributed by atoms with Crippen LogP contribution < -0.4 is 14.5 Å². The van der Waals surface area contributed by atoms with E-state index in [2.05, 4.69) is 43.5 Å². The Hall–Kier alpha value is -2.91. The van der Waals surface area contributed by atoms with Gasteiger partial charge in [0.15, 0.2) is 11.5 Å². The highest BCUT2D eigenvalue weighted by Crippen LogP contribution is 2.44. The Bertz CT molecular complexity index is 1160. The van der Waals surface area contributed by atoms with Crippen LogP contribution in [-0.2, 0) is 4.79 Å². The Morgan fingerprint density at radius 1 is 1.25 bits per heavy atom. The summed E-state index contributed by atoms with van der Waals surface area (Å²) in [5, 5.41) is 14.8. The third-order valence-electron chi connectivity index (χ3n) is 4.50. The van der Waals surface area contributed by atoms with Gasteiger partial charge < -0.3 is 14.6 Å². The minimum absolute atomic E-state index is 0.0729. The number of aromatic carboxylic acids is 1. The molecule has 1 heterocycles. The zero-order chi connectivity index (χ0) is 23.4. The second kappa shape index (κ2) is 10.1. The summed E-state index contributed by atoms with van der Waals surface area (Å²) in [6.45, 7) is 7.99. The van der Waals surface area contributed by atoms with Gasteiger partial charge in [0, 0.05) is 4.47 Å². The molecule has 1 aliphatic heterocycles. The molecule has 0 spiro atoms. The molecular formula is C23H20Br2N2O5. The number of ether oxygens (including phenoxy) is 2. The number of carboxylic acids is 1. The summed E-state index contributed by atoms with van der Waals surface area (Å²) in [5.74, 6) is -0.401. The van der Waals surface area contributed by atoms with E-state index in [-0.39, 0.29) is 11.5 Å². The second-order valence-electron chi connectivity index (χ2n) is 6.67. The van der Waals surface area contributed by atoms with Gasteiger partial charge in [-0.15, -0.1) is 0 Å². The number of hydrogen-bond acceptors (Lipinski definition) is 5. The smallest absolute Gasteiger partial charge is 0.335 e. The number of carboxylic acid groups (broad SMARTS) is 1. The molecule has 0 aliphatic carbocycles. The van der Waals surface area contributed by atoms with Crippen LogP contribution in [0, 0.1) is 0 Å². The lowest BCUT2D eigenvalue weighted by molar-refractivity contribution is -0.114. The number of carbonyl (C=O) groups is 2. The van der Waals surface area contributed by atoms with Crippen molar-refractivity contribution in [3.63, 3.8) is 0 Å². The van der Waals surface area contributed by atoms with Gasteiger partial charge in [0.1, 0.15) is 6.61 Å². The van der Waals surface area contributed by atoms with Gasteiger partial charge in [-0.2, -0.15) is 10.1 Å². The summed E-state index contributed by atoms with van der Waals surface area (Å²) < 4.78 is 12.8. The number of halogens is 2. The molecule has 32 heavy (non-hydrogen) atoms. The normalized spacial score (nSPS) is 14.5. The highest BCUT2D eigenvalue weighted by molar-refractivity contribution is 9.13.